The maximum absolute atomic E-state index is 4.63. The Morgan fingerprint density at radius 2 is 2.04 bits per heavy atom. The average Bonchev–Trinajstić information content (AvgIpc) is 3.21. The Balaban J connectivity index is 1.29. The van der Waals surface area contributed by atoms with E-state index in [-0.39, 0.29) is 0 Å². The number of hydrogen-bond donors (Lipinski definition) is 2. The van der Waals surface area contributed by atoms with Gasteiger partial charge in [0.2, 0.25) is 11.7 Å². The summed E-state index contributed by atoms with van der Waals surface area (Å²) in [5, 5.41) is 11.5. The highest BCUT2D eigenvalue weighted by molar-refractivity contribution is 5.79. The summed E-state index contributed by atoms with van der Waals surface area (Å²) < 4.78 is 3.79. The van der Waals surface area contributed by atoms with Crippen LogP contribution in [0.25, 0.3) is 22.4 Å². The predicted octanol–water partition coefficient (Wildman–Crippen LogP) is 1.60. The first-order valence-electron chi connectivity index (χ1n) is 8.89. The number of anilines is 1. The molecule has 4 aromatic rings. The van der Waals surface area contributed by atoms with Gasteiger partial charge in [-0.15, -0.1) is 5.10 Å². The Morgan fingerprint density at radius 3 is 2.88 bits per heavy atom. The molecule has 26 heavy (non-hydrogen) atoms. The molecule has 130 valence electrons. The highest BCUT2D eigenvalue weighted by Gasteiger charge is 2.48. The van der Waals surface area contributed by atoms with Crippen LogP contribution in [-0.2, 0) is 0 Å². The van der Waals surface area contributed by atoms with E-state index in [2.05, 4.69) is 30.7 Å². The van der Waals surface area contributed by atoms with Gasteiger partial charge in [-0.3, -0.25) is 4.40 Å². The van der Waals surface area contributed by atoms with E-state index in [9.17, 15) is 0 Å². The van der Waals surface area contributed by atoms with Crippen LogP contribution in [0.15, 0.2) is 43.2 Å². The number of aromatic nitrogens is 6. The SMILES string of the molecule is c1cn2cc(-c3ccn4nc(NC5CC6(CNC6)C5)ncc34)cnc2n1. The highest BCUT2D eigenvalue weighted by Crippen LogP contribution is 2.45. The van der Waals surface area contributed by atoms with Crippen molar-refractivity contribution in [2.24, 2.45) is 5.41 Å². The van der Waals surface area contributed by atoms with Gasteiger partial charge >= 0.3 is 0 Å². The van der Waals surface area contributed by atoms with Crippen LogP contribution in [-0.4, -0.2) is 48.1 Å². The topological polar surface area (TPSA) is 84.4 Å². The van der Waals surface area contributed by atoms with E-state index in [0.29, 0.717) is 23.2 Å². The van der Waals surface area contributed by atoms with Crippen LogP contribution in [0, 0.1) is 5.41 Å². The van der Waals surface area contributed by atoms with Crippen molar-refractivity contribution in [1.29, 1.82) is 0 Å². The zero-order chi connectivity index (χ0) is 17.1. The molecule has 0 bridgehead atoms. The van der Waals surface area contributed by atoms with Crippen molar-refractivity contribution >= 4 is 17.2 Å². The van der Waals surface area contributed by atoms with Gasteiger partial charge in [-0.2, -0.15) is 0 Å². The molecule has 0 atom stereocenters. The van der Waals surface area contributed by atoms with Crippen molar-refractivity contribution in [2.75, 3.05) is 18.4 Å². The van der Waals surface area contributed by atoms with Gasteiger partial charge in [-0.1, -0.05) is 0 Å². The first-order valence-corrected chi connectivity index (χ1v) is 8.89. The van der Waals surface area contributed by atoms with E-state index in [1.54, 1.807) is 6.20 Å². The molecule has 2 fully saturated rings. The molecular weight excluding hydrogens is 328 g/mol. The minimum Gasteiger partial charge on any atom is -0.350 e. The molecule has 1 aliphatic carbocycles. The van der Waals surface area contributed by atoms with Crippen molar-refractivity contribution < 1.29 is 0 Å². The Bertz CT molecular complexity index is 1110. The van der Waals surface area contributed by atoms with E-state index in [4.69, 9.17) is 0 Å². The van der Waals surface area contributed by atoms with Crippen LogP contribution < -0.4 is 10.6 Å². The van der Waals surface area contributed by atoms with Crippen LogP contribution in [0.5, 0.6) is 0 Å². The molecule has 8 nitrogen and oxygen atoms in total. The van der Waals surface area contributed by atoms with Gasteiger partial charge in [-0.25, -0.2) is 19.5 Å². The zero-order valence-electron chi connectivity index (χ0n) is 14.1. The fourth-order valence-electron chi connectivity index (χ4n) is 4.20. The van der Waals surface area contributed by atoms with Crippen molar-refractivity contribution in [2.45, 2.75) is 18.9 Å². The Morgan fingerprint density at radius 1 is 1.12 bits per heavy atom. The third kappa shape index (κ3) is 2.05. The van der Waals surface area contributed by atoms with Gasteiger partial charge in [-0.05, 0) is 24.3 Å². The van der Waals surface area contributed by atoms with E-state index in [1.807, 2.05) is 46.0 Å². The summed E-state index contributed by atoms with van der Waals surface area (Å²) in [5.74, 6) is 1.38. The van der Waals surface area contributed by atoms with Crippen LogP contribution >= 0.6 is 0 Å². The fraction of sp³-hybridized carbons (Fsp3) is 0.333. The number of rotatable bonds is 3. The molecule has 1 spiro atoms. The molecule has 0 unspecified atom stereocenters. The fourth-order valence-corrected chi connectivity index (χ4v) is 4.20. The maximum Gasteiger partial charge on any atom is 0.241 e. The second kappa shape index (κ2) is 5.01. The standard InChI is InChI=1S/C18H18N8/c1-3-26-15(14(1)12-7-22-17-20-2-4-25(17)9-12)8-21-16(24-26)23-13-5-18(6-13)10-19-11-18/h1-4,7-9,13,19H,5-6,10-11H2,(H,23,24). The summed E-state index contributed by atoms with van der Waals surface area (Å²) in [6.07, 6.45) is 13.8. The molecule has 5 heterocycles. The van der Waals surface area contributed by atoms with E-state index < -0.39 is 0 Å². The minimum atomic E-state index is 0.484. The normalized spacial score (nSPS) is 18.9. The summed E-state index contributed by atoms with van der Waals surface area (Å²) in [7, 11) is 0. The predicted molar refractivity (Wildman–Crippen MR) is 96.9 cm³/mol. The molecule has 1 aliphatic heterocycles. The molecule has 4 aromatic heterocycles. The quantitative estimate of drug-likeness (QED) is 0.586. The van der Waals surface area contributed by atoms with Crippen LogP contribution in [0.1, 0.15) is 12.8 Å². The Kier molecular flexibility index (Phi) is 2.74. The molecule has 2 N–H and O–H groups in total. The highest BCUT2D eigenvalue weighted by atomic mass is 15.3. The number of imidazole rings is 1. The van der Waals surface area contributed by atoms with Gasteiger partial charge < -0.3 is 10.6 Å². The van der Waals surface area contributed by atoms with Crippen molar-refractivity contribution in [3.05, 3.63) is 43.2 Å². The summed E-state index contributed by atoms with van der Waals surface area (Å²) in [4.78, 5) is 13.1. The lowest BCUT2D eigenvalue weighted by Crippen LogP contribution is -2.63. The van der Waals surface area contributed by atoms with Gasteiger partial charge in [0.1, 0.15) is 0 Å². The Labute approximate surface area is 149 Å². The molecule has 2 aliphatic rings. The molecule has 1 saturated heterocycles. The number of hydrogen-bond acceptors (Lipinski definition) is 6. The Hall–Kier alpha value is -3.00. The molecule has 0 radical (unpaired) electrons. The monoisotopic (exact) mass is 346 g/mol. The molecule has 6 rings (SSSR count). The summed E-state index contributed by atoms with van der Waals surface area (Å²) >= 11 is 0. The molecule has 0 aromatic carbocycles. The summed E-state index contributed by atoms with van der Waals surface area (Å²) in [6, 6.07) is 2.53. The van der Waals surface area contributed by atoms with Gasteiger partial charge in [0.15, 0.2) is 0 Å². The molecular formula is C18H18N8. The third-order valence-electron chi connectivity index (χ3n) is 5.67. The van der Waals surface area contributed by atoms with Crippen molar-refractivity contribution in [1.82, 2.24) is 34.3 Å². The van der Waals surface area contributed by atoms with Crippen molar-refractivity contribution in [3.8, 4) is 11.1 Å². The van der Waals surface area contributed by atoms with Crippen LogP contribution in [0.2, 0.25) is 0 Å². The molecule has 8 heteroatoms. The van der Waals surface area contributed by atoms with E-state index in [1.165, 1.54) is 12.8 Å². The minimum absolute atomic E-state index is 0.484. The first kappa shape index (κ1) is 14.2. The third-order valence-corrected chi connectivity index (χ3v) is 5.67. The molecule has 1 saturated carbocycles. The second-order valence-corrected chi connectivity index (χ2v) is 7.47. The largest absolute Gasteiger partial charge is 0.350 e. The average molecular weight is 346 g/mol. The summed E-state index contributed by atoms with van der Waals surface area (Å²) in [6.45, 7) is 2.31. The molecule has 0 amide bonds. The van der Waals surface area contributed by atoms with Gasteiger partial charge in [0.05, 0.1) is 11.7 Å². The maximum atomic E-state index is 4.63. The smallest absolute Gasteiger partial charge is 0.241 e. The zero-order valence-corrected chi connectivity index (χ0v) is 14.1. The number of nitrogens with zero attached hydrogens (tertiary/aromatic N) is 6. The van der Waals surface area contributed by atoms with Gasteiger partial charge in [0.25, 0.3) is 0 Å². The van der Waals surface area contributed by atoms with Crippen molar-refractivity contribution in [3.63, 3.8) is 0 Å². The lowest BCUT2D eigenvalue weighted by Gasteiger charge is -2.54. The van der Waals surface area contributed by atoms with Crippen LogP contribution in [0.4, 0.5) is 5.95 Å². The second-order valence-electron chi connectivity index (χ2n) is 7.47. The number of nitrogens with one attached hydrogen (secondary N) is 2. The summed E-state index contributed by atoms with van der Waals surface area (Å²) in [5.41, 5.74) is 3.58. The van der Waals surface area contributed by atoms with E-state index in [0.717, 1.165) is 29.7 Å². The lowest BCUT2D eigenvalue weighted by molar-refractivity contribution is 0.0467. The lowest BCUT2D eigenvalue weighted by atomic mass is 9.62. The van der Waals surface area contributed by atoms with Gasteiger partial charge in [0, 0.05) is 61.2 Å². The van der Waals surface area contributed by atoms with Crippen LogP contribution in [0.3, 0.4) is 0 Å². The first-order chi connectivity index (χ1) is 12.8. The number of fused-ring (bicyclic) bond motifs is 2. The van der Waals surface area contributed by atoms with E-state index >= 15 is 0 Å².